The van der Waals surface area contributed by atoms with E-state index in [2.05, 4.69) is 10.1 Å². The SMILES string of the molecule is Cc1nc2cc(C3CC3)cc(=O)n2[nH]1. The van der Waals surface area contributed by atoms with Crippen molar-refractivity contribution in [3.63, 3.8) is 0 Å². The summed E-state index contributed by atoms with van der Waals surface area (Å²) < 4.78 is 1.49. The van der Waals surface area contributed by atoms with Crippen LogP contribution in [0.3, 0.4) is 0 Å². The normalized spacial score (nSPS) is 16.4. The van der Waals surface area contributed by atoms with Gasteiger partial charge in [-0.2, -0.15) is 0 Å². The molecule has 2 heterocycles. The van der Waals surface area contributed by atoms with Crippen LogP contribution in [0, 0.1) is 6.92 Å². The van der Waals surface area contributed by atoms with Gasteiger partial charge >= 0.3 is 0 Å². The van der Waals surface area contributed by atoms with Crippen molar-refractivity contribution in [2.45, 2.75) is 25.7 Å². The van der Waals surface area contributed by atoms with Gasteiger partial charge in [0.25, 0.3) is 5.56 Å². The van der Waals surface area contributed by atoms with E-state index in [4.69, 9.17) is 0 Å². The Hall–Kier alpha value is -1.58. The van der Waals surface area contributed by atoms with Crippen LogP contribution >= 0.6 is 0 Å². The molecule has 1 aliphatic carbocycles. The molecule has 1 N–H and O–H groups in total. The summed E-state index contributed by atoms with van der Waals surface area (Å²) in [4.78, 5) is 15.9. The van der Waals surface area contributed by atoms with E-state index in [0.29, 0.717) is 5.92 Å². The zero-order valence-electron chi connectivity index (χ0n) is 7.95. The van der Waals surface area contributed by atoms with Crippen molar-refractivity contribution in [2.24, 2.45) is 0 Å². The average Bonchev–Trinajstić information content (AvgIpc) is 2.89. The first kappa shape index (κ1) is 7.79. The molecule has 72 valence electrons. The fourth-order valence-electron chi connectivity index (χ4n) is 1.78. The summed E-state index contributed by atoms with van der Waals surface area (Å²) in [6, 6.07) is 3.71. The molecule has 0 saturated heterocycles. The smallest absolute Gasteiger partial charge is 0.271 e. The zero-order valence-corrected chi connectivity index (χ0v) is 7.95. The fourth-order valence-corrected chi connectivity index (χ4v) is 1.78. The minimum Gasteiger partial charge on any atom is -0.277 e. The third kappa shape index (κ3) is 1.07. The maximum atomic E-state index is 11.6. The summed E-state index contributed by atoms with van der Waals surface area (Å²) in [5.74, 6) is 1.37. The number of rotatable bonds is 1. The summed E-state index contributed by atoms with van der Waals surface area (Å²) in [6.07, 6.45) is 2.41. The van der Waals surface area contributed by atoms with Crippen LogP contribution in [0.25, 0.3) is 5.65 Å². The Bertz CT molecular complexity index is 548. The summed E-state index contributed by atoms with van der Waals surface area (Å²) in [7, 11) is 0. The Morgan fingerprint density at radius 1 is 1.50 bits per heavy atom. The molecule has 0 radical (unpaired) electrons. The Balaban J connectivity index is 2.32. The van der Waals surface area contributed by atoms with Crippen LogP contribution in [-0.4, -0.2) is 14.6 Å². The Kier molecular flexibility index (Phi) is 1.37. The van der Waals surface area contributed by atoms with Gasteiger partial charge in [-0.25, -0.2) is 9.50 Å². The molecule has 1 saturated carbocycles. The van der Waals surface area contributed by atoms with Crippen LogP contribution in [0.2, 0.25) is 0 Å². The second kappa shape index (κ2) is 2.47. The molecule has 0 bridgehead atoms. The van der Waals surface area contributed by atoms with Crippen LogP contribution in [-0.2, 0) is 0 Å². The first-order chi connectivity index (χ1) is 6.74. The molecule has 3 rings (SSSR count). The number of aromatic amines is 1. The third-order valence-electron chi connectivity index (χ3n) is 2.64. The van der Waals surface area contributed by atoms with E-state index in [1.807, 2.05) is 13.0 Å². The molecule has 14 heavy (non-hydrogen) atoms. The van der Waals surface area contributed by atoms with Gasteiger partial charge in [-0.15, -0.1) is 0 Å². The maximum Gasteiger partial charge on any atom is 0.271 e. The van der Waals surface area contributed by atoms with E-state index >= 15 is 0 Å². The number of nitrogens with zero attached hydrogens (tertiary/aromatic N) is 2. The first-order valence-corrected chi connectivity index (χ1v) is 4.83. The topological polar surface area (TPSA) is 50.2 Å². The van der Waals surface area contributed by atoms with Crippen molar-refractivity contribution in [1.82, 2.24) is 14.6 Å². The Morgan fingerprint density at radius 2 is 2.29 bits per heavy atom. The molecule has 0 aliphatic heterocycles. The molecule has 1 fully saturated rings. The highest BCUT2D eigenvalue weighted by atomic mass is 16.1. The molecular weight excluding hydrogens is 178 g/mol. The molecule has 4 heteroatoms. The lowest BCUT2D eigenvalue weighted by molar-refractivity contribution is 0.888. The molecule has 1 aliphatic rings. The van der Waals surface area contributed by atoms with Crippen LogP contribution in [0.1, 0.15) is 30.1 Å². The van der Waals surface area contributed by atoms with Gasteiger partial charge in [0.05, 0.1) is 0 Å². The molecule has 2 aromatic heterocycles. The van der Waals surface area contributed by atoms with Crippen LogP contribution < -0.4 is 5.56 Å². The van der Waals surface area contributed by atoms with Crippen LogP contribution in [0.5, 0.6) is 0 Å². The number of fused-ring (bicyclic) bond motifs is 1. The lowest BCUT2D eigenvalue weighted by Crippen LogP contribution is -2.13. The Morgan fingerprint density at radius 3 is 3.00 bits per heavy atom. The van der Waals surface area contributed by atoms with Crippen molar-refractivity contribution in [3.8, 4) is 0 Å². The van der Waals surface area contributed by atoms with Crippen molar-refractivity contribution < 1.29 is 0 Å². The lowest BCUT2D eigenvalue weighted by Gasteiger charge is -1.96. The van der Waals surface area contributed by atoms with Gasteiger partial charge in [0.1, 0.15) is 5.82 Å². The van der Waals surface area contributed by atoms with E-state index in [0.717, 1.165) is 17.0 Å². The summed E-state index contributed by atoms with van der Waals surface area (Å²) in [5.41, 5.74) is 1.86. The van der Waals surface area contributed by atoms with Gasteiger partial charge in [-0.3, -0.25) is 9.89 Å². The quantitative estimate of drug-likeness (QED) is 0.733. The number of aryl methyl sites for hydroxylation is 1. The zero-order chi connectivity index (χ0) is 9.71. The first-order valence-electron chi connectivity index (χ1n) is 4.83. The number of hydrogen-bond donors (Lipinski definition) is 1. The minimum atomic E-state index is -0.00926. The highest BCUT2D eigenvalue weighted by Gasteiger charge is 2.24. The Labute approximate surface area is 80.6 Å². The minimum absolute atomic E-state index is 0.00926. The molecule has 0 spiro atoms. The lowest BCUT2D eigenvalue weighted by atomic mass is 10.2. The van der Waals surface area contributed by atoms with Crippen molar-refractivity contribution in [1.29, 1.82) is 0 Å². The van der Waals surface area contributed by atoms with Crippen molar-refractivity contribution in [3.05, 3.63) is 33.9 Å². The van der Waals surface area contributed by atoms with Crippen molar-refractivity contribution in [2.75, 3.05) is 0 Å². The van der Waals surface area contributed by atoms with Crippen LogP contribution in [0.4, 0.5) is 0 Å². The highest BCUT2D eigenvalue weighted by molar-refractivity contribution is 5.42. The van der Waals surface area contributed by atoms with E-state index in [1.54, 1.807) is 6.07 Å². The summed E-state index contributed by atoms with van der Waals surface area (Å²) in [5, 5.41) is 2.91. The van der Waals surface area contributed by atoms with Gasteiger partial charge in [-0.05, 0) is 37.3 Å². The highest BCUT2D eigenvalue weighted by Crippen LogP contribution is 2.39. The fraction of sp³-hybridized carbons (Fsp3) is 0.400. The molecule has 4 nitrogen and oxygen atoms in total. The van der Waals surface area contributed by atoms with Gasteiger partial charge in [-0.1, -0.05) is 0 Å². The van der Waals surface area contributed by atoms with E-state index < -0.39 is 0 Å². The van der Waals surface area contributed by atoms with E-state index in [9.17, 15) is 4.79 Å². The largest absolute Gasteiger partial charge is 0.277 e. The molecule has 0 aromatic carbocycles. The molecular formula is C10H11N3O. The third-order valence-corrected chi connectivity index (χ3v) is 2.64. The predicted molar refractivity (Wildman–Crippen MR) is 52.5 cm³/mol. The number of H-pyrrole nitrogens is 1. The second-order valence-corrected chi connectivity index (χ2v) is 3.90. The number of hydrogen-bond acceptors (Lipinski definition) is 2. The summed E-state index contributed by atoms with van der Waals surface area (Å²) in [6.45, 7) is 1.85. The maximum absolute atomic E-state index is 11.6. The van der Waals surface area contributed by atoms with Gasteiger partial charge in [0.15, 0.2) is 5.65 Å². The predicted octanol–water partition coefficient (Wildman–Crippen LogP) is 1.21. The number of pyridine rings is 1. The molecule has 0 amide bonds. The van der Waals surface area contributed by atoms with Crippen LogP contribution in [0.15, 0.2) is 16.9 Å². The average molecular weight is 189 g/mol. The molecule has 0 unspecified atom stereocenters. The van der Waals surface area contributed by atoms with Gasteiger partial charge in [0.2, 0.25) is 0 Å². The van der Waals surface area contributed by atoms with Gasteiger partial charge < -0.3 is 0 Å². The second-order valence-electron chi connectivity index (χ2n) is 3.90. The number of aromatic nitrogens is 3. The monoisotopic (exact) mass is 189 g/mol. The van der Waals surface area contributed by atoms with Gasteiger partial charge in [0, 0.05) is 6.07 Å². The molecule has 0 atom stereocenters. The van der Waals surface area contributed by atoms with E-state index in [1.165, 1.54) is 17.4 Å². The molecule has 2 aromatic rings. The van der Waals surface area contributed by atoms with Crippen molar-refractivity contribution >= 4 is 5.65 Å². The number of nitrogens with one attached hydrogen (secondary N) is 1. The standard InChI is InChI=1S/C10H11N3O/c1-6-11-9-4-8(7-2-3-7)5-10(14)13(9)12-6/h4-5,7H,2-3H2,1H3,(H,11,12). The summed E-state index contributed by atoms with van der Waals surface area (Å²) >= 11 is 0. The van der Waals surface area contributed by atoms with E-state index in [-0.39, 0.29) is 5.56 Å².